The average molecular weight is 479 g/mol. The molecule has 0 saturated carbocycles. The lowest BCUT2D eigenvalue weighted by Crippen LogP contribution is -2.06. The first-order valence-corrected chi connectivity index (χ1v) is 12.6. The molecule has 37 heavy (non-hydrogen) atoms. The number of nitrogens with zero attached hydrogens (tertiary/aromatic N) is 2. The second kappa shape index (κ2) is 10.6. The molecular formula is C35H30N2. The molecule has 5 aromatic rings. The molecule has 0 radical (unpaired) electrons. The molecule has 2 nitrogen and oxygen atoms in total. The molecule has 0 aromatic heterocycles. The fraction of sp³-hybridized carbons (Fsp3) is 0.0857. The second-order valence-corrected chi connectivity index (χ2v) is 9.27. The van der Waals surface area contributed by atoms with E-state index in [1.165, 1.54) is 33.0 Å². The van der Waals surface area contributed by atoms with E-state index in [1.807, 2.05) is 60.7 Å². The summed E-state index contributed by atoms with van der Waals surface area (Å²) in [7, 11) is 0. The Kier molecular flexibility index (Phi) is 6.91. The number of fused-ring (bicyclic) bond motifs is 1. The van der Waals surface area contributed by atoms with E-state index in [0.29, 0.717) is 11.5 Å². The summed E-state index contributed by atoms with van der Waals surface area (Å²) in [5.41, 5.74) is 9.57. The van der Waals surface area contributed by atoms with Gasteiger partial charge in [0.15, 0.2) is 5.84 Å². The van der Waals surface area contributed by atoms with E-state index in [9.17, 15) is 0 Å². The van der Waals surface area contributed by atoms with Crippen molar-refractivity contribution in [1.82, 2.24) is 0 Å². The van der Waals surface area contributed by atoms with Crippen molar-refractivity contribution in [2.24, 2.45) is 9.98 Å². The maximum atomic E-state index is 5.11. The molecule has 0 fully saturated rings. The van der Waals surface area contributed by atoms with Crippen LogP contribution in [0.2, 0.25) is 0 Å². The van der Waals surface area contributed by atoms with Gasteiger partial charge in [-0.3, -0.25) is 0 Å². The van der Waals surface area contributed by atoms with Crippen LogP contribution in [-0.2, 0) is 0 Å². The molecule has 0 amide bonds. The van der Waals surface area contributed by atoms with Gasteiger partial charge in [-0.05, 0) is 59.4 Å². The molecule has 0 unspecified atom stereocenters. The molecule has 0 N–H and O–H groups in total. The van der Waals surface area contributed by atoms with Crippen molar-refractivity contribution in [3.63, 3.8) is 0 Å². The Morgan fingerprint density at radius 2 is 1.27 bits per heavy atom. The Morgan fingerprint density at radius 3 is 2.00 bits per heavy atom. The second-order valence-electron chi connectivity index (χ2n) is 9.27. The summed E-state index contributed by atoms with van der Waals surface area (Å²) in [5.74, 6) is 0.648. The zero-order valence-corrected chi connectivity index (χ0v) is 21.6. The van der Waals surface area contributed by atoms with Crippen molar-refractivity contribution >= 4 is 28.0 Å². The largest absolute Gasteiger partial charge is 0.233 e. The minimum absolute atomic E-state index is 0.648. The molecule has 180 valence electrons. The minimum Gasteiger partial charge on any atom is -0.233 e. The van der Waals surface area contributed by atoms with E-state index < -0.39 is 0 Å². The monoisotopic (exact) mass is 478 g/mol. The van der Waals surface area contributed by atoms with E-state index >= 15 is 0 Å². The van der Waals surface area contributed by atoms with E-state index in [0.717, 1.165) is 22.4 Å². The maximum absolute atomic E-state index is 5.11. The topological polar surface area (TPSA) is 24.7 Å². The van der Waals surface area contributed by atoms with E-state index in [2.05, 4.69) is 81.9 Å². The summed E-state index contributed by atoms with van der Waals surface area (Å²) >= 11 is 0. The van der Waals surface area contributed by atoms with Crippen LogP contribution in [0, 0.1) is 13.8 Å². The fourth-order valence-electron chi connectivity index (χ4n) is 4.81. The van der Waals surface area contributed by atoms with Gasteiger partial charge in [0, 0.05) is 16.8 Å². The third-order valence-electron chi connectivity index (χ3n) is 6.78. The van der Waals surface area contributed by atoms with Crippen molar-refractivity contribution in [2.45, 2.75) is 20.8 Å². The van der Waals surface area contributed by atoms with Gasteiger partial charge in [-0.25, -0.2) is 9.98 Å². The number of aryl methyl sites for hydroxylation is 2. The summed E-state index contributed by atoms with van der Waals surface area (Å²) in [4.78, 5) is 10.0. The molecule has 0 aliphatic heterocycles. The molecule has 0 spiro atoms. The van der Waals surface area contributed by atoms with Gasteiger partial charge in [-0.15, -0.1) is 0 Å². The lowest BCUT2D eigenvalue weighted by Gasteiger charge is -2.17. The Labute approximate surface area is 219 Å². The lowest BCUT2D eigenvalue weighted by atomic mass is 9.88. The molecule has 5 rings (SSSR count). The number of hydrogen-bond acceptors (Lipinski definition) is 1. The number of benzene rings is 5. The normalized spacial score (nSPS) is 12.1. The SMILES string of the molecule is C=C(N=C(N=C(C)c1cccc(C)c1-c1ccc2ccccc2c1C)c1ccccc1)c1ccccc1. The van der Waals surface area contributed by atoms with Gasteiger partial charge in [0.2, 0.25) is 0 Å². The Morgan fingerprint density at radius 1 is 0.622 bits per heavy atom. The summed E-state index contributed by atoms with van der Waals surface area (Å²) < 4.78 is 0. The summed E-state index contributed by atoms with van der Waals surface area (Å²) in [6, 6.07) is 39.6. The highest BCUT2D eigenvalue weighted by atomic mass is 14.9. The number of amidine groups is 1. The van der Waals surface area contributed by atoms with Gasteiger partial charge in [0.1, 0.15) is 0 Å². The molecule has 0 atom stereocenters. The molecule has 2 heteroatoms. The summed E-state index contributed by atoms with van der Waals surface area (Å²) in [6.07, 6.45) is 0. The molecule has 0 aliphatic carbocycles. The van der Waals surface area contributed by atoms with Crippen molar-refractivity contribution in [3.8, 4) is 11.1 Å². The summed E-state index contributed by atoms with van der Waals surface area (Å²) in [6.45, 7) is 10.7. The van der Waals surface area contributed by atoms with Crippen LogP contribution in [0.15, 0.2) is 132 Å². The first kappa shape index (κ1) is 24.1. The predicted octanol–water partition coefficient (Wildman–Crippen LogP) is 9.05. The highest BCUT2D eigenvalue weighted by Crippen LogP contribution is 2.34. The van der Waals surface area contributed by atoms with Crippen molar-refractivity contribution < 1.29 is 0 Å². The zero-order chi connectivity index (χ0) is 25.8. The third kappa shape index (κ3) is 5.05. The van der Waals surface area contributed by atoms with Crippen molar-refractivity contribution in [2.75, 3.05) is 0 Å². The minimum atomic E-state index is 0.648. The fourth-order valence-corrected chi connectivity index (χ4v) is 4.81. The first-order valence-electron chi connectivity index (χ1n) is 12.6. The van der Waals surface area contributed by atoms with Gasteiger partial charge >= 0.3 is 0 Å². The van der Waals surface area contributed by atoms with Crippen LogP contribution >= 0.6 is 0 Å². The Bertz CT molecular complexity index is 1640. The quantitative estimate of drug-likeness (QED) is 0.178. The van der Waals surface area contributed by atoms with Crippen LogP contribution in [-0.4, -0.2) is 11.5 Å². The van der Waals surface area contributed by atoms with Crippen LogP contribution in [0.4, 0.5) is 0 Å². The molecule has 0 bridgehead atoms. The van der Waals surface area contributed by atoms with Crippen molar-refractivity contribution in [3.05, 3.63) is 150 Å². The van der Waals surface area contributed by atoms with E-state index in [4.69, 9.17) is 9.98 Å². The molecule has 0 saturated heterocycles. The van der Waals surface area contributed by atoms with Crippen LogP contribution < -0.4 is 0 Å². The van der Waals surface area contributed by atoms with Crippen LogP contribution in [0.1, 0.15) is 34.7 Å². The molecule has 0 heterocycles. The maximum Gasteiger partial charge on any atom is 0.160 e. The Balaban J connectivity index is 1.65. The molecule has 0 aliphatic rings. The van der Waals surface area contributed by atoms with Gasteiger partial charge in [-0.2, -0.15) is 0 Å². The van der Waals surface area contributed by atoms with E-state index in [1.54, 1.807) is 0 Å². The zero-order valence-electron chi connectivity index (χ0n) is 21.6. The smallest absolute Gasteiger partial charge is 0.160 e. The predicted molar refractivity (Wildman–Crippen MR) is 160 cm³/mol. The van der Waals surface area contributed by atoms with Gasteiger partial charge < -0.3 is 0 Å². The first-order chi connectivity index (χ1) is 18.0. The highest BCUT2D eigenvalue weighted by Gasteiger charge is 2.15. The average Bonchev–Trinajstić information content (AvgIpc) is 2.94. The van der Waals surface area contributed by atoms with Gasteiger partial charge in [0.05, 0.1) is 5.70 Å². The highest BCUT2D eigenvalue weighted by molar-refractivity contribution is 6.15. The lowest BCUT2D eigenvalue weighted by molar-refractivity contribution is 1.40. The number of aliphatic imine (C=N–C) groups is 2. The van der Waals surface area contributed by atoms with Crippen LogP contribution in [0.5, 0.6) is 0 Å². The molecular weight excluding hydrogens is 448 g/mol. The third-order valence-corrected chi connectivity index (χ3v) is 6.78. The number of hydrogen-bond donors (Lipinski definition) is 0. The van der Waals surface area contributed by atoms with Crippen molar-refractivity contribution in [1.29, 1.82) is 0 Å². The number of rotatable bonds is 5. The van der Waals surface area contributed by atoms with E-state index in [-0.39, 0.29) is 0 Å². The van der Waals surface area contributed by atoms with Gasteiger partial charge in [-0.1, -0.05) is 122 Å². The standard InChI is InChI=1S/C35H30N2/c1-24-14-13-21-33(34(24)32-23-22-29-17-11-12-20-31(29)25(32)2)27(4)37-35(30-18-9-6-10-19-30)36-26(3)28-15-7-5-8-16-28/h5-23H,3H2,1-2,4H3. The van der Waals surface area contributed by atoms with Gasteiger partial charge in [0.25, 0.3) is 0 Å². The molecule has 5 aromatic carbocycles. The van der Waals surface area contributed by atoms with Crippen LogP contribution in [0.25, 0.3) is 27.6 Å². The Hall–Kier alpha value is -4.56. The van der Waals surface area contributed by atoms with Crippen LogP contribution in [0.3, 0.4) is 0 Å². The summed E-state index contributed by atoms with van der Waals surface area (Å²) in [5, 5.41) is 2.52.